The Morgan fingerprint density at radius 1 is 0.852 bits per heavy atom. The van der Waals surface area contributed by atoms with Gasteiger partial charge in [0.05, 0.1) is 32.6 Å². The molecule has 0 fully saturated rings. The van der Waals surface area contributed by atoms with Gasteiger partial charge in [0.1, 0.15) is 17.6 Å². The van der Waals surface area contributed by atoms with Gasteiger partial charge in [-0.2, -0.15) is 5.10 Å². The number of anilines is 1. The monoisotopic (exact) mass is 786 g/mol. The summed E-state index contributed by atoms with van der Waals surface area (Å²) in [6.45, 7) is 8.76. The molecule has 0 aliphatic rings. The lowest BCUT2D eigenvalue weighted by atomic mass is 10.1. The average molecular weight is 788 g/mol. The number of nitrogens with two attached hydrogens (primary N) is 1. The second-order valence-electron chi connectivity index (χ2n) is 10.2. The fraction of sp³-hybridized carbons (Fsp3) is 0.250. The van der Waals surface area contributed by atoms with Gasteiger partial charge in [0.15, 0.2) is 11.2 Å². The number of halogens is 2. The van der Waals surface area contributed by atoms with Crippen molar-refractivity contribution in [3.63, 3.8) is 0 Å². The van der Waals surface area contributed by atoms with Crippen molar-refractivity contribution in [3.05, 3.63) is 105 Å². The summed E-state index contributed by atoms with van der Waals surface area (Å²) in [6, 6.07) is 14.7. The fourth-order valence-corrected chi connectivity index (χ4v) is 4.50. The number of nitrogens with zero attached hydrogens (tertiary/aromatic N) is 3. The molecule has 0 saturated heterocycles. The van der Waals surface area contributed by atoms with Gasteiger partial charge in [0.2, 0.25) is 0 Å². The first kappa shape index (κ1) is 44.0. The van der Waals surface area contributed by atoms with Crippen LogP contribution in [0.5, 0.6) is 0 Å². The number of carboxylic acid groups (broad SMARTS) is 1. The molecule has 0 atom stereocenters. The molecule has 0 aliphatic heterocycles. The molecule has 288 valence electrons. The van der Waals surface area contributed by atoms with E-state index in [1.54, 1.807) is 52.2 Å². The van der Waals surface area contributed by atoms with Gasteiger partial charge in [0, 0.05) is 40.5 Å². The van der Waals surface area contributed by atoms with Crippen LogP contribution in [0, 0.1) is 0 Å². The van der Waals surface area contributed by atoms with E-state index in [1.165, 1.54) is 10.7 Å². The molecular formula is C36H40Cl2N6O10. The zero-order chi connectivity index (χ0) is 40.2. The maximum Gasteiger partial charge on any atom is 0.348 e. The Morgan fingerprint density at radius 2 is 1.39 bits per heavy atom. The number of esters is 3. The highest BCUT2D eigenvalue weighted by molar-refractivity contribution is 6.31. The third kappa shape index (κ3) is 13.4. The lowest BCUT2D eigenvalue weighted by Gasteiger charge is -2.06. The number of ether oxygens (including phenoxy) is 4. The van der Waals surface area contributed by atoms with Crippen LogP contribution in [-0.4, -0.2) is 80.2 Å². The summed E-state index contributed by atoms with van der Waals surface area (Å²) < 4.78 is 20.3. The van der Waals surface area contributed by atoms with Crippen LogP contribution in [0.15, 0.2) is 83.8 Å². The minimum Gasteiger partial charge on any atom is -0.500 e. The van der Waals surface area contributed by atoms with Gasteiger partial charge in [-0.05, 0) is 63.1 Å². The van der Waals surface area contributed by atoms with Crippen molar-refractivity contribution in [2.45, 2.75) is 34.6 Å². The number of benzene rings is 2. The van der Waals surface area contributed by atoms with Crippen molar-refractivity contribution >= 4 is 58.5 Å². The second-order valence-corrected chi connectivity index (χ2v) is 11.1. The van der Waals surface area contributed by atoms with E-state index in [2.05, 4.69) is 29.8 Å². The van der Waals surface area contributed by atoms with Gasteiger partial charge in [-0.3, -0.25) is 19.8 Å². The molecule has 18 heteroatoms. The Bertz CT molecular complexity index is 2080. The van der Waals surface area contributed by atoms with E-state index in [-0.39, 0.29) is 31.0 Å². The fourth-order valence-electron chi connectivity index (χ4n) is 4.12. The number of nitrogen functional groups attached to an aromatic ring is 1. The first-order chi connectivity index (χ1) is 25.8. The Labute approximate surface area is 319 Å². The number of carbonyl (C=O) groups is 4. The van der Waals surface area contributed by atoms with E-state index in [0.717, 1.165) is 35.4 Å². The van der Waals surface area contributed by atoms with Gasteiger partial charge >= 0.3 is 17.9 Å². The summed E-state index contributed by atoms with van der Waals surface area (Å²) in [5.74, 6) is -2.43. The predicted molar refractivity (Wildman–Crippen MR) is 202 cm³/mol. The molecule has 0 amide bonds. The third-order valence-electron chi connectivity index (χ3n) is 6.33. The van der Waals surface area contributed by atoms with Crippen LogP contribution in [0.25, 0.3) is 27.9 Å². The third-order valence-corrected chi connectivity index (χ3v) is 6.80. The van der Waals surface area contributed by atoms with E-state index in [9.17, 15) is 19.2 Å². The number of hydrogen-bond donors (Lipinski definition) is 4. The maximum absolute atomic E-state index is 12.3. The van der Waals surface area contributed by atoms with Crippen molar-refractivity contribution in [3.8, 4) is 22.3 Å². The molecule has 0 radical (unpaired) electrons. The normalized spacial score (nSPS) is 9.83. The zero-order valence-corrected chi connectivity index (χ0v) is 31.6. The van der Waals surface area contributed by atoms with Crippen LogP contribution >= 0.6 is 23.2 Å². The maximum atomic E-state index is 12.3. The number of aromatic nitrogens is 5. The average Bonchev–Trinajstić information content (AvgIpc) is 3.76. The van der Waals surface area contributed by atoms with Crippen molar-refractivity contribution in [1.29, 1.82) is 0 Å². The number of carboxylic acids is 1. The molecule has 0 spiro atoms. The van der Waals surface area contributed by atoms with Crippen LogP contribution < -0.4 is 11.3 Å². The number of fused-ring (bicyclic) bond motifs is 1. The molecule has 3 heterocycles. The van der Waals surface area contributed by atoms with Crippen LogP contribution in [0.2, 0.25) is 10.0 Å². The Hall–Kier alpha value is -6.13. The smallest absolute Gasteiger partial charge is 0.348 e. The van der Waals surface area contributed by atoms with Crippen LogP contribution in [0.4, 0.5) is 5.82 Å². The van der Waals surface area contributed by atoms with Crippen molar-refractivity contribution in [2.75, 3.05) is 32.2 Å². The van der Waals surface area contributed by atoms with Gasteiger partial charge < -0.3 is 29.8 Å². The van der Waals surface area contributed by atoms with Gasteiger partial charge in [0.25, 0.3) is 11.5 Å². The number of carbonyl (C=O) groups excluding carboxylic acids is 3. The van der Waals surface area contributed by atoms with Gasteiger partial charge in [-0.1, -0.05) is 47.5 Å². The highest BCUT2D eigenvalue weighted by atomic mass is 35.5. The zero-order valence-electron chi connectivity index (χ0n) is 30.1. The minimum absolute atomic E-state index is 0.112. The Balaban J connectivity index is 0.000000277. The van der Waals surface area contributed by atoms with Crippen LogP contribution in [0.3, 0.4) is 0 Å². The molecular weight excluding hydrogens is 747 g/mol. The number of hydrogen-bond acceptors (Lipinski definition) is 12. The molecule has 5 aromatic rings. The number of rotatable bonds is 10. The molecule has 0 aliphatic carbocycles. The molecule has 0 unspecified atom stereocenters. The number of H-pyrrole nitrogens is 2. The summed E-state index contributed by atoms with van der Waals surface area (Å²) in [5.41, 5.74) is 8.63. The number of nitrogens with one attached hydrogen (secondary N) is 2. The van der Waals surface area contributed by atoms with E-state index >= 15 is 0 Å². The highest BCUT2D eigenvalue weighted by Gasteiger charge is 2.21. The summed E-state index contributed by atoms with van der Waals surface area (Å²) in [6.07, 6.45) is 5.62. The molecule has 54 heavy (non-hydrogen) atoms. The van der Waals surface area contributed by atoms with E-state index < -0.39 is 29.4 Å². The SMILES string of the molecule is CC(=O)O.CCOC(=O)c1cnc2c(-c3cccc(Cl)c3)c[nH]n2c1=O.CCOC=C(C(=O)OCC)C(=O)OCC.Nc1[nH]ncc1-c1cccc(Cl)c1. The molecule has 2 aromatic carbocycles. The Kier molecular flexibility index (Phi) is 18.5. The highest BCUT2D eigenvalue weighted by Crippen LogP contribution is 2.26. The van der Waals surface area contributed by atoms with Crippen molar-refractivity contribution in [2.24, 2.45) is 0 Å². The lowest BCUT2D eigenvalue weighted by Crippen LogP contribution is -2.24. The van der Waals surface area contributed by atoms with E-state index in [1.807, 2.05) is 36.4 Å². The summed E-state index contributed by atoms with van der Waals surface area (Å²) >= 11 is 11.8. The quantitative estimate of drug-likeness (QED) is 0.0320. The lowest BCUT2D eigenvalue weighted by molar-refractivity contribution is -0.147. The number of aliphatic carboxylic acids is 1. The predicted octanol–water partition coefficient (Wildman–Crippen LogP) is 5.96. The van der Waals surface area contributed by atoms with Crippen molar-refractivity contribution in [1.82, 2.24) is 24.8 Å². The van der Waals surface area contributed by atoms with Crippen LogP contribution in [-0.2, 0) is 33.3 Å². The summed E-state index contributed by atoms with van der Waals surface area (Å²) in [5, 5.41) is 18.0. The first-order valence-electron chi connectivity index (χ1n) is 16.2. The summed E-state index contributed by atoms with van der Waals surface area (Å²) in [4.78, 5) is 59.8. The number of aromatic amines is 2. The molecule has 3 aromatic heterocycles. The van der Waals surface area contributed by atoms with Gasteiger partial charge in [-0.15, -0.1) is 0 Å². The summed E-state index contributed by atoms with van der Waals surface area (Å²) in [7, 11) is 0. The molecule has 0 saturated carbocycles. The molecule has 5 N–H and O–H groups in total. The van der Waals surface area contributed by atoms with Crippen molar-refractivity contribution < 1.29 is 43.2 Å². The minimum atomic E-state index is -0.833. The van der Waals surface area contributed by atoms with E-state index in [0.29, 0.717) is 28.1 Å². The molecule has 16 nitrogen and oxygen atoms in total. The standard InChI is InChI=1S/C15H12ClN3O3.C10H16O5.C9H8ClN3.C2H4O2/c1-2-22-15(21)12-7-17-13-11(8-18-19(13)14(12)20)9-4-3-5-10(16)6-9;1-4-13-7-8(9(11)14-5-2)10(12)15-6-3;10-7-3-1-2-6(4-7)8-5-12-13-9(8)11;1-2(3)4/h3-8,18H,2H2,1H3;7H,4-6H2,1-3H3;1-5H,(H3,11,12,13);1H3,(H,3,4). The first-order valence-corrected chi connectivity index (χ1v) is 17.0. The largest absolute Gasteiger partial charge is 0.500 e. The van der Waals surface area contributed by atoms with E-state index in [4.69, 9.17) is 48.3 Å². The second kappa shape index (κ2) is 22.7. The molecule has 0 bridgehead atoms. The van der Waals surface area contributed by atoms with Gasteiger partial charge in [-0.25, -0.2) is 23.9 Å². The topological polar surface area (TPSA) is 230 Å². The molecule has 5 rings (SSSR count). The van der Waals surface area contributed by atoms with Crippen LogP contribution in [0.1, 0.15) is 45.0 Å². The Morgan fingerprint density at radius 3 is 1.85 bits per heavy atom.